The highest BCUT2D eigenvalue weighted by Crippen LogP contribution is 1.70. The Bertz CT molecular complexity index is 99.5. The third-order valence-corrected chi connectivity index (χ3v) is 0.515. The van der Waals surface area contributed by atoms with Crippen LogP contribution in [0.5, 0.6) is 0 Å². The molecule has 4 heteroatoms. The van der Waals surface area contributed by atoms with Crippen molar-refractivity contribution >= 4 is 12.2 Å². The summed E-state index contributed by atoms with van der Waals surface area (Å²) in [4.78, 5) is 13.5. The summed E-state index contributed by atoms with van der Waals surface area (Å²) < 4.78 is 0. The van der Waals surface area contributed by atoms with E-state index < -0.39 is 6.03 Å². The van der Waals surface area contributed by atoms with Gasteiger partial charge in [-0.15, -0.1) is 0 Å². The number of nitrogens with zero attached hydrogens (tertiary/aromatic N) is 1. The van der Waals surface area contributed by atoms with Gasteiger partial charge < -0.3 is 0 Å². The number of aliphatic imine (C=N–C) groups is 1. The topological polar surface area (TPSA) is 67.5 Å². The molecular formula is C4H9N3O. The molecule has 0 aromatic heterocycles. The molecule has 0 aliphatic rings. The highest BCUT2D eigenvalue weighted by Gasteiger charge is 1.84. The number of hydrazine groups is 1. The minimum absolute atomic E-state index is 0.508. The highest BCUT2D eigenvalue weighted by atomic mass is 16.2. The van der Waals surface area contributed by atoms with Gasteiger partial charge in [-0.3, -0.25) is 5.43 Å². The van der Waals surface area contributed by atoms with Crippen molar-refractivity contribution in [2.45, 2.75) is 13.3 Å². The molecular weight excluding hydrogens is 106 g/mol. The fraction of sp³-hybridized carbons (Fsp3) is 0.500. The molecule has 4 nitrogen and oxygen atoms in total. The smallest absolute Gasteiger partial charge is 0.274 e. The second kappa shape index (κ2) is 4.26. The summed E-state index contributed by atoms with van der Waals surface area (Å²) in [7, 11) is 0. The van der Waals surface area contributed by atoms with E-state index in [1.165, 1.54) is 6.21 Å². The van der Waals surface area contributed by atoms with Crippen LogP contribution in [0.2, 0.25) is 0 Å². The van der Waals surface area contributed by atoms with E-state index in [0.717, 1.165) is 6.42 Å². The Morgan fingerprint density at radius 1 is 2.00 bits per heavy atom. The summed E-state index contributed by atoms with van der Waals surface area (Å²) >= 11 is 0. The molecule has 0 aromatic carbocycles. The van der Waals surface area contributed by atoms with E-state index in [4.69, 9.17) is 5.84 Å². The van der Waals surface area contributed by atoms with Crippen LogP contribution in [0.3, 0.4) is 0 Å². The Morgan fingerprint density at radius 3 is 3.00 bits per heavy atom. The van der Waals surface area contributed by atoms with Crippen LogP contribution in [0.25, 0.3) is 0 Å². The zero-order chi connectivity index (χ0) is 6.41. The summed E-state index contributed by atoms with van der Waals surface area (Å²) in [5.74, 6) is 4.70. The van der Waals surface area contributed by atoms with Gasteiger partial charge in [0, 0.05) is 6.21 Å². The van der Waals surface area contributed by atoms with Gasteiger partial charge >= 0.3 is 6.03 Å². The summed E-state index contributed by atoms with van der Waals surface area (Å²) in [6.07, 6.45) is 2.23. The van der Waals surface area contributed by atoms with Crippen molar-refractivity contribution in [1.29, 1.82) is 0 Å². The molecule has 0 heterocycles. The van der Waals surface area contributed by atoms with Gasteiger partial charge in [-0.2, -0.15) is 0 Å². The summed E-state index contributed by atoms with van der Waals surface area (Å²) in [6.45, 7) is 1.88. The SMILES string of the molecule is CCC=NC(=O)NN. The van der Waals surface area contributed by atoms with Gasteiger partial charge in [-0.1, -0.05) is 6.92 Å². The second-order valence-electron chi connectivity index (χ2n) is 1.17. The number of amides is 2. The molecule has 0 fully saturated rings. The lowest BCUT2D eigenvalue weighted by Gasteiger charge is -1.85. The lowest BCUT2D eigenvalue weighted by Crippen LogP contribution is -2.26. The molecule has 8 heavy (non-hydrogen) atoms. The Kier molecular flexibility index (Phi) is 3.78. The van der Waals surface area contributed by atoms with Crippen molar-refractivity contribution in [3.63, 3.8) is 0 Å². The Balaban J connectivity index is 3.37. The third-order valence-electron chi connectivity index (χ3n) is 0.515. The van der Waals surface area contributed by atoms with Crippen LogP contribution in [0.1, 0.15) is 13.3 Å². The van der Waals surface area contributed by atoms with Crippen molar-refractivity contribution in [1.82, 2.24) is 5.43 Å². The van der Waals surface area contributed by atoms with Crippen molar-refractivity contribution in [2.75, 3.05) is 0 Å². The van der Waals surface area contributed by atoms with Crippen LogP contribution in [0, 0.1) is 0 Å². The van der Waals surface area contributed by atoms with Gasteiger partial charge in [-0.05, 0) is 6.42 Å². The van der Waals surface area contributed by atoms with E-state index in [0.29, 0.717) is 0 Å². The molecule has 0 saturated heterocycles. The van der Waals surface area contributed by atoms with E-state index in [2.05, 4.69) is 4.99 Å². The average Bonchev–Trinajstić information content (AvgIpc) is 1.83. The first-order chi connectivity index (χ1) is 3.81. The minimum atomic E-state index is -0.508. The van der Waals surface area contributed by atoms with E-state index in [1.807, 2.05) is 12.3 Å². The molecule has 46 valence electrons. The number of carbonyl (C=O) groups excluding carboxylic acids is 1. The van der Waals surface area contributed by atoms with Crippen molar-refractivity contribution in [2.24, 2.45) is 10.8 Å². The van der Waals surface area contributed by atoms with Crippen molar-refractivity contribution in [3.8, 4) is 0 Å². The first-order valence-corrected chi connectivity index (χ1v) is 2.34. The maximum absolute atomic E-state index is 10.1. The molecule has 0 atom stereocenters. The molecule has 0 aromatic rings. The first kappa shape index (κ1) is 7.10. The van der Waals surface area contributed by atoms with Crippen molar-refractivity contribution < 1.29 is 4.79 Å². The van der Waals surface area contributed by atoms with Crippen molar-refractivity contribution in [3.05, 3.63) is 0 Å². The molecule has 0 unspecified atom stereocenters. The van der Waals surface area contributed by atoms with Gasteiger partial charge in [0.05, 0.1) is 0 Å². The van der Waals surface area contributed by atoms with Crippen LogP contribution < -0.4 is 11.3 Å². The third kappa shape index (κ3) is 3.30. The predicted molar refractivity (Wildman–Crippen MR) is 31.5 cm³/mol. The molecule has 3 N–H and O–H groups in total. The standard InChI is InChI=1S/C4H9N3O/c1-2-3-6-4(8)7-5/h3H,2,5H2,1H3,(H,7,8). The molecule has 0 bridgehead atoms. The monoisotopic (exact) mass is 115 g/mol. The normalized spacial score (nSPS) is 9.75. The fourth-order valence-corrected chi connectivity index (χ4v) is 0.211. The first-order valence-electron chi connectivity index (χ1n) is 2.34. The fourth-order valence-electron chi connectivity index (χ4n) is 0.211. The summed E-state index contributed by atoms with van der Waals surface area (Å²) in [5, 5.41) is 0. The summed E-state index contributed by atoms with van der Waals surface area (Å²) in [5.41, 5.74) is 1.86. The second-order valence-corrected chi connectivity index (χ2v) is 1.17. The maximum atomic E-state index is 10.1. The Morgan fingerprint density at radius 2 is 2.62 bits per heavy atom. The Labute approximate surface area is 47.8 Å². The molecule has 0 aliphatic heterocycles. The maximum Gasteiger partial charge on any atom is 0.354 e. The number of hydrogen-bond acceptors (Lipinski definition) is 2. The van der Waals surface area contributed by atoms with E-state index in [9.17, 15) is 4.79 Å². The highest BCUT2D eigenvalue weighted by molar-refractivity contribution is 5.82. The predicted octanol–water partition coefficient (Wildman–Crippen LogP) is 0.0505. The largest absolute Gasteiger partial charge is 0.354 e. The molecule has 0 aliphatic carbocycles. The van der Waals surface area contributed by atoms with Crippen LogP contribution >= 0.6 is 0 Å². The van der Waals surface area contributed by atoms with E-state index in [1.54, 1.807) is 0 Å². The zero-order valence-corrected chi connectivity index (χ0v) is 4.72. The lowest BCUT2D eigenvalue weighted by molar-refractivity contribution is 0.249. The number of carbonyl (C=O) groups is 1. The molecule has 2 amide bonds. The Hall–Kier alpha value is -0.900. The van der Waals surface area contributed by atoms with Gasteiger partial charge in [-0.25, -0.2) is 15.6 Å². The zero-order valence-electron chi connectivity index (χ0n) is 4.72. The molecule has 0 radical (unpaired) electrons. The molecule has 0 saturated carbocycles. The van der Waals surface area contributed by atoms with Gasteiger partial charge in [0.2, 0.25) is 0 Å². The van der Waals surface area contributed by atoms with Crippen LogP contribution in [-0.4, -0.2) is 12.2 Å². The minimum Gasteiger partial charge on any atom is -0.274 e. The van der Waals surface area contributed by atoms with E-state index >= 15 is 0 Å². The van der Waals surface area contributed by atoms with Crippen LogP contribution in [-0.2, 0) is 0 Å². The summed E-state index contributed by atoms with van der Waals surface area (Å²) in [6, 6.07) is -0.508. The number of urea groups is 1. The van der Waals surface area contributed by atoms with Crippen LogP contribution in [0.4, 0.5) is 4.79 Å². The van der Waals surface area contributed by atoms with Crippen LogP contribution in [0.15, 0.2) is 4.99 Å². The van der Waals surface area contributed by atoms with Gasteiger partial charge in [0.15, 0.2) is 0 Å². The lowest BCUT2D eigenvalue weighted by atomic mass is 10.5. The molecule has 0 rings (SSSR count). The van der Waals surface area contributed by atoms with Gasteiger partial charge in [0.1, 0.15) is 0 Å². The van der Waals surface area contributed by atoms with Gasteiger partial charge in [0.25, 0.3) is 0 Å². The van der Waals surface area contributed by atoms with E-state index in [-0.39, 0.29) is 0 Å². The number of nitrogens with two attached hydrogens (primary N) is 1. The average molecular weight is 115 g/mol. The molecule has 0 spiro atoms. The quantitative estimate of drug-likeness (QED) is 0.219. The number of nitrogens with one attached hydrogen (secondary N) is 1. The number of rotatable bonds is 1. The number of hydrogen-bond donors (Lipinski definition) is 2.